The Bertz CT molecular complexity index is 774. The molecule has 0 spiro atoms. The van der Waals surface area contributed by atoms with Crippen LogP contribution in [0.5, 0.6) is 11.5 Å². The van der Waals surface area contributed by atoms with Crippen molar-refractivity contribution < 1.29 is 14.3 Å². The summed E-state index contributed by atoms with van der Waals surface area (Å²) in [5.74, 6) is 1.97. The molecule has 2 aromatic rings. The van der Waals surface area contributed by atoms with Crippen LogP contribution >= 0.6 is 0 Å². The number of carbonyl (C=O) groups is 1. The molecule has 1 N–H and O–H groups in total. The predicted molar refractivity (Wildman–Crippen MR) is 103 cm³/mol. The monoisotopic (exact) mass is 370 g/mol. The van der Waals surface area contributed by atoms with Crippen molar-refractivity contribution in [1.29, 1.82) is 0 Å². The molecule has 27 heavy (non-hydrogen) atoms. The standard InChI is InChI=1S/C20H26N4O3/c1-26-17-8-7-15(11-18(17)27-2)13-21-19-12-16(22-14-23-19)20(25)24-9-5-3-4-6-10-24/h7-8,11-12,14H,3-6,9-10,13H2,1-2H3,(H,21,22,23). The Labute approximate surface area is 159 Å². The summed E-state index contributed by atoms with van der Waals surface area (Å²) in [7, 11) is 3.22. The smallest absolute Gasteiger partial charge is 0.272 e. The number of benzene rings is 1. The molecule has 1 saturated heterocycles. The predicted octanol–water partition coefficient (Wildman–Crippen LogP) is 3.12. The second-order valence-corrected chi connectivity index (χ2v) is 6.54. The van der Waals surface area contributed by atoms with Crippen molar-refractivity contribution in [2.24, 2.45) is 0 Å². The van der Waals surface area contributed by atoms with Crippen LogP contribution in [-0.2, 0) is 6.54 Å². The lowest BCUT2D eigenvalue weighted by Gasteiger charge is -2.19. The van der Waals surface area contributed by atoms with Crippen LogP contribution in [0.15, 0.2) is 30.6 Å². The quantitative estimate of drug-likeness (QED) is 0.842. The first kappa shape index (κ1) is 18.9. The Morgan fingerprint density at radius 3 is 2.48 bits per heavy atom. The van der Waals surface area contributed by atoms with Gasteiger partial charge in [0, 0.05) is 25.7 Å². The number of carbonyl (C=O) groups excluding carboxylic acids is 1. The molecule has 7 heteroatoms. The Balaban J connectivity index is 1.66. The number of likely N-dealkylation sites (tertiary alicyclic amines) is 1. The second-order valence-electron chi connectivity index (χ2n) is 6.54. The van der Waals surface area contributed by atoms with Gasteiger partial charge in [0.15, 0.2) is 11.5 Å². The number of methoxy groups -OCH3 is 2. The van der Waals surface area contributed by atoms with E-state index >= 15 is 0 Å². The number of ether oxygens (including phenoxy) is 2. The number of hydrogen-bond acceptors (Lipinski definition) is 6. The molecule has 2 heterocycles. The van der Waals surface area contributed by atoms with Crippen LogP contribution in [0.2, 0.25) is 0 Å². The third-order valence-electron chi connectivity index (χ3n) is 4.70. The molecular weight excluding hydrogens is 344 g/mol. The van der Waals surface area contributed by atoms with E-state index in [1.807, 2.05) is 23.1 Å². The third kappa shape index (κ3) is 4.87. The maximum Gasteiger partial charge on any atom is 0.272 e. The van der Waals surface area contributed by atoms with Crippen LogP contribution < -0.4 is 14.8 Å². The van der Waals surface area contributed by atoms with Gasteiger partial charge in [-0.05, 0) is 30.5 Å². The largest absolute Gasteiger partial charge is 0.493 e. The molecule has 0 atom stereocenters. The molecule has 1 aliphatic rings. The molecule has 1 fully saturated rings. The lowest BCUT2D eigenvalue weighted by atomic mass is 10.2. The van der Waals surface area contributed by atoms with Crippen LogP contribution in [0.4, 0.5) is 5.82 Å². The van der Waals surface area contributed by atoms with Gasteiger partial charge in [-0.2, -0.15) is 0 Å². The number of hydrogen-bond donors (Lipinski definition) is 1. The van der Waals surface area contributed by atoms with Crippen LogP contribution in [0.3, 0.4) is 0 Å². The Morgan fingerprint density at radius 2 is 1.78 bits per heavy atom. The van der Waals surface area contributed by atoms with E-state index < -0.39 is 0 Å². The zero-order chi connectivity index (χ0) is 19.1. The van der Waals surface area contributed by atoms with Crippen molar-refractivity contribution in [2.45, 2.75) is 32.2 Å². The van der Waals surface area contributed by atoms with Crippen molar-refractivity contribution in [3.63, 3.8) is 0 Å². The highest BCUT2D eigenvalue weighted by Gasteiger charge is 2.19. The maximum absolute atomic E-state index is 12.7. The minimum atomic E-state index is -0.0199. The summed E-state index contributed by atoms with van der Waals surface area (Å²) < 4.78 is 10.6. The first-order chi connectivity index (χ1) is 13.2. The van der Waals surface area contributed by atoms with E-state index in [-0.39, 0.29) is 5.91 Å². The van der Waals surface area contributed by atoms with E-state index in [0.29, 0.717) is 29.6 Å². The fourth-order valence-electron chi connectivity index (χ4n) is 3.19. The van der Waals surface area contributed by atoms with Gasteiger partial charge in [0.2, 0.25) is 0 Å². The van der Waals surface area contributed by atoms with Gasteiger partial charge in [-0.3, -0.25) is 4.79 Å². The number of nitrogens with zero attached hydrogens (tertiary/aromatic N) is 3. The van der Waals surface area contributed by atoms with Crippen molar-refractivity contribution >= 4 is 11.7 Å². The van der Waals surface area contributed by atoms with E-state index in [1.165, 1.54) is 19.2 Å². The SMILES string of the molecule is COc1ccc(CNc2cc(C(=O)N3CCCCCC3)ncn2)cc1OC. The molecular formula is C20H26N4O3. The summed E-state index contributed by atoms with van der Waals surface area (Å²) in [4.78, 5) is 23.0. The highest BCUT2D eigenvalue weighted by molar-refractivity contribution is 5.92. The average Bonchev–Trinajstić information content (AvgIpc) is 3.01. The first-order valence-electron chi connectivity index (χ1n) is 9.27. The van der Waals surface area contributed by atoms with Crippen LogP contribution in [0.1, 0.15) is 41.7 Å². The molecule has 1 aromatic carbocycles. The molecule has 0 aliphatic carbocycles. The zero-order valence-electron chi connectivity index (χ0n) is 15.9. The van der Waals surface area contributed by atoms with Crippen LogP contribution in [-0.4, -0.2) is 48.1 Å². The molecule has 1 aliphatic heterocycles. The lowest BCUT2D eigenvalue weighted by molar-refractivity contribution is 0.0755. The Morgan fingerprint density at radius 1 is 1.04 bits per heavy atom. The molecule has 1 amide bonds. The second kappa shape index (κ2) is 9.21. The lowest BCUT2D eigenvalue weighted by Crippen LogP contribution is -2.32. The number of rotatable bonds is 6. The molecule has 0 unspecified atom stereocenters. The van der Waals surface area contributed by atoms with Gasteiger partial charge in [0.25, 0.3) is 5.91 Å². The van der Waals surface area contributed by atoms with E-state index in [9.17, 15) is 4.79 Å². The van der Waals surface area contributed by atoms with Crippen molar-refractivity contribution in [3.8, 4) is 11.5 Å². The highest BCUT2D eigenvalue weighted by Crippen LogP contribution is 2.27. The van der Waals surface area contributed by atoms with E-state index in [2.05, 4.69) is 15.3 Å². The molecule has 0 radical (unpaired) electrons. The molecule has 0 saturated carbocycles. The summed E-state index contributed by atoms with van der Waals surface area (Å²) in [6.07, 6.45) is 5.92. The topological polar surface area (TPSA) is 76.6 Å². The van der Waals surface area contributed by atoms with Gasteiger partial charge in [0.1, 0.15) is 17.8 Å². The summed E-state index contributed by atoms with van der Waals surface area (Å²) in [6, 6.07) is 7.45. The Hall–Kier alpha value is -2.83. The average molecular weight is 370 g/mol. The van der Waals surface area contributed by atoms with E-state index in [4.69, 9.17) is 9.47 Å². The van der Waals surface area contributed by atoms with Crippen molar-refractivity contribution in [2.75, 3.05) is 32.6 Å². The summed E-state index contributed by atoms with van der Waals surface area (Å²) in [6.45, 7) is 2.16. The molecule has 144 valence electrons. The van der Waals surface area contributed by atoms with E-state index in [1.54, 1.807) is 20.3 Å². The number of amides is 1. The van der Waals surface area contributed by atoms with Gasteiger partial charge in [0.05, 0.1) is 14.2 Å². The number of anilines is 1. The Kier molecular flexibility index (Phi) is 6.46. The molecule has 0 bridgehead atoms. The van der Waals surface area contributed by atoms with Crippen molar-refractivity contribution in [1.82, 2.24) is 14.9 Å². The molecule has 7 nitrogen and oxygen atoms in total. The minimum Gasteiger partial charge on any atom is -0.493 e. The van der Waals surface area contributed by atoms with Crippen molar-refractivity contribution in [3.05, 3.63) is 41.9 Å². The van der Waals surface area contributed by atoms with Gasteiger partial charge in [-0.25, -0.2) is 9.97 Å². The maximum atomic E-state index is 12.7. The number of nitrogens with one attached hydrogen (secondary N) is 1. The van der Waals surface area contributed by atoms with Gasteiger partial charge in [-0.1, -0.05) is 18.9 Å². The number of aromatic nitrogens is 2. The van der Waals surface area contributed by atoms with Crippen LogP contribution in [0, 0.1) is 0 Å². The normalized spacial score (nSPS) is 14.4. The molecule has 1 aromatic heterocycles. The highest BCUT2D eigenvalue weighted by atomic mass is 16.5. The fraction of sp³-hybridized carbons (Fsp3) is 0.450. The minimum absolute atomic E-state index is 0.0199. The fourth-order valence-corrected chi connectivity index (χ4v) is 3.19. The van der Waals surface area contributed by atoms with Gasteiger partial charge < -0.3 is 19.7 Å². The van der Waals surface area contributed by atoms with Gasteiger partial charge >= 0.3 is 0 Å². The first-order valence-corrected chi connectivity index (χ1v) is 9.27. The third-order valence-corrected chi connectivity index (χ3v) is 4.70. The summed E-state index contributed by atoms with van der Waals surface area (Å²) >= 11 is 0. The summed E-state index contributed by atoms with van der Waals surface area (Å²) in [5.41, 5.74) is 1.45. The van der Waals surface area contributed by atoms with Gasteiger partial charge in [-0.15, -0.1) is 0 Å². The summed E-state index contributed by atoms with van der Waals surface area (Å²) in [5, 5.41) is 3.24. The molecule has 3 rings (SSSR count). The van der Waals surface area contributed by atoms with Crippen LogP contribution in [0.25, 0.3) is 0 Å². The zero-order valence-corrected chi connectivity index (χ0v) is 15.9. The van der Waals surface area contributed by atoms with E-state index in [0.717, 1.165) is 31.5 Å².